The minimum absolute atomic E-state index is 0.0660. The highest BCUT2D eigenvalue weighted by Crippen LogP contribution is 2.24. The lowest BCUT2D eigenvalue weighted by molar-refractivity contribution is 0.101. The average Bonchev–Trinajstić information content (AvgIpc) is 2.20. The van der Waals surface area contributed by atoms with Gasteiger partial charge in [0.15, 0.2) is 5.78 Å². The summed E-state index contributed by atoms with van der Waals surface area (Å²) in [6, 6.07) is 4.99. The highest BCUT2D eigenvalue weighted by Gasteiger charge is 2.10. The smallest absolute Gasteiger partial charge is 0.163 e. The molecular formula is C12H13ClO2. The molecule has 0 aliphatic rings. The van der Waals surface area contributed by atoms with E-state index in [0.717, 1.165) is 0 Å². The van der Waals surface area contributed by atoms with E-state index in [4.69, 9.17) is 16.3 Å². The van der Waals surface area contributed by atoms with Gasteiger partial charge in [-0.25, -0.2) is 0 Å². The molecule has 0 aliphatic carbocycles. The van der Waals surface area contributed by atoms with Gasteiger partial charge < -0.3 is 4.74 Å². The quantitative estimate of drug-likeness (QED) is 0.578. The van der Waals surface area contributed by atoms with E-state index in [1.165, 1.54) is 6.92 Å². The Morgan fingerprint density at radius 1 is 1.60 bits per heavy atom. The van der Waals surface area contributed by atoms with Crippen LogP contribution in [0.5, 0.6) is 5.75 Å². The second-order valence-corrected chi connectivity index (χ2v) is 3.69. The van der Waals surface area contributed by atoms with Gasteiger partial charge in [-0.3, -0.25) is 4.79 Å². The summed E-state index contributed by atoms with van der Waals surface area (Å²) in [6.45, 7) is 6.95. The highest BCUT2D eigenvalue weighted by atomic mass is 35.5. The van der Waals surface area contributed by atoms with Crippen molar-refractivity contribution in [3.63, 3.8) is 0 Å². The molecule has 1 atom stereocenters. The standard InChI is InChI=1S/C12H13ClO2/c1-4-8(2)15-12-6-5-10(13)7-11(12)9(3)14/h4-8H,1H2,2-3H3. The number of ketones is 1. The molecule has 0 saturated heterocycles. The molecule has 0 spiro atoms. The molecule has 1 aromatic rings. The van der Waals surface area contributed by atoms with Gasteiger partial charge in [-0.15, -0.1) is 0 Å². The van der Waals surface area contributed by atoms with E-state index in [0.29, 0.717) is 16.3 Å². The summed E-state index contributed by atoms with van der Waals surface area (Å²) in [4.78, 5) is 11.3. The minimum atomic E-state index is -0.135. The Hall–Kier alpha value is -1.28. The topological polar surface area (TPSA) is 26.3 Å². The van der Waals surface area contributed by atoms with Gasteiger partial charge in [0.05, 0.1) is 5.56 Å². The van der Waals surface area contributed by atoms with Gasteiger partial charge in [-0.2, -0.15) is 0 Å². The van der Waals surface area contributed by atoms with Crippen molar-refractivity contribution in [1.29, 1.82) is 0 Å². The van der Waals surface area contributed by atoms with Crippen molar-refractivity contribution in [3.8, 4) is 5.75 Å². The minimum Gasteiger partial charge on any atom is -0.486 e. The second-order valence-electron chi connectivity index (χ2n) is 3.26. The zero-order chi connectivity index (χ0) is 11.4. The van der Waals surface area contributed by atoms with Crippen molar-refractivity contribution in [2.75, 3.05) is 0 Å². The van der Waals surface area contributed by atoms with Crippen LogP contribution in [0.2, 0.25) is 5.02 Å². The first kappa shape index (κ1) is 11.8. The number of benzene rings is 1. The third kappa shape index (κ3) is 3.10. The number of carbonyl (C=O) groups is 1. The number of halogens is 1. The van der Waals surface area contributed by atoms with Crippen LogP contribution in [0.15, 0.2) is 30.9 Å². The van der Waals surface area contributed by atoms with Gasteiger partial charge in [0.25, 0.3) is 0 Å². The lowest BCUT2D eigenvalue weighted by Crippen LogP contribution is -2.10. The van der Waals surface area contributed by atoms with Crippen molar-refractivity contribution in [3.05, 3.63) is 41.4 Å². The van der Waals surface area contributed by atoms with Crippen molar-refractivity contribution in [2.45, 2.75) is 20.0 Å². The predicted molar refractivity (Wildman–Crippen MR) is 61.7 cm³/mol. The normalized spacial score (nSPS) is 11.9. The van der Waals surface area contributed by atoms with Gasteiger partial charge in [-0.1, -0.05) is 24.3 Å². The third-order valence-corrected chi connectivity index (χ3v) is 2.20. The highest BCUT2D eigenvalue weighted by molar-refractivity contribution is 6.31. The molecule has 3 heteroatoms. The first-order chi connectivity index (χ1) is 7.04. The molecule has 15 heavy (non-hydrogen) atoms. The summed E-state index contributed by atoms with van der Waals surface area (Å²) in [7, 11) is 0. The maximum Gasteiger partial charge on any atom is 0.163 e. The Labute approximate surface area is 94.5 Å². The molecule has 1 unspecified atom stereocenters. The van der Waals surface area contributed by atoms with Crippen LogP contribution in [0, 0.1) is 0 Å². The molecule has 0 radical (unpaired) electrons. The molecule has 0 aromatic heterocycles. The van der Waals surface area contributed by atoms with Crippen molar-refractivity contribution >= 4 is 17.4 Å². The van der Waals surface area contributed by atoms with Crippen molar-refractivity contribution in [2.24, 2.45) is 0 Å². The Bertz CT molecular complexity index is 385. The summed E-state index contributed by atoms with van der Waals surface area (Å²) < 4.78 is 5.51. The van der Waals surface area contributed by atoms with E-state index in [-0.39, 0.29) is 11.9 Å². The Morgan fingerprint density at radius 3 is 2.80 bits per heavy atom. The van der Waals surface area contributed by atoms with Crippen LogP contribution in [-0.2, 0) is 0 Å². The predicted octanol–water partition coefficient (Wildman–Crippen LogP) is 3.50. The van der Waals surface area contributed by atoms with Crippen LogP contribution in [0.4, 0.5) is 0 Å². The number of hydrogen-bond donors (Lipinski definition) is 0. The van der Waals surface area contributed by atoms with E-state index in [2.05, 4.69) is 6.58 Å². The molecule has 1 aromatic carbocycles. The lowest BCUT2D eigenvalue weighted by Gasteiger charge is -2.13. The van der Waals surface area contributed by atoms with Crippen molar-refractivity contribution < 1.29 is 9.53 Å². The van der Waals surface area contributed by atoms with Crippen LogP contribution in [0.3, 0.4) is 0 Å². The first-order valence-corrected chi connectivity index (χ1v) is 5.02. The molecule has 0 amide bonds. The molecule has 0 N–H and O–H groups in total. The van der Waals surface area contributed by atoms with E-state index in [1.54, 1.807) is 24.3 Å². The molecule has 1 rings (SSSR count). The number of hydrogen-bond acceptors (Lipinski definition) is 2. The summed E-state index contributed by atoms with van der Waals surface area (Å²) in [5, 5.41) is 0.527. The monoisotopic (exact) mass is 224 g/mol. The molecule has 0 fully saturated rings. The zero-order valence-corrected chi connectivity index (χ0v) is 9.54. The maximum absolute atomic E-state index is 11.3. The summed E-state index contributed by atoms with van der Waals surface area (Å²) in [5.41, 5.74) is 0.496. The molecular weight excluding hydrogens is 212 g/mol. The van der Waals surface area contributed by atoms with Gasteiger partial charge >= 0.3 is 0 Å². The first-order valence-electron chi connectivity index (χ1n) is 4.64. The zero-order valence-electron chi connectivity index (χ0n) is 8.79. The molecule has 2 nitrogen and oxygen atoms in total. The van der Waals surface area contributed by atoms with Gasteiger partial charge in [0.2, 0.25) is 0 Å². The van der Waals surface area contributed by atoms with Crippen LogP contribution >= 0.6 is 11.6 Å². The Balaban J connectivity index is 3.05. The SMILES string of the molecule is C=CC(C)Oc1ccc(Cl)cc1C(C)=O. The Kier molecular flexibility index (Phi) is 3.92. The van der Waals surface area contributed by atoms with Crippen LogP contribution in [0.25, 0.3) is 0 Å². The van der Waals surface area contributed by atoms with Gasteiger partial charge in [0, 0.05) is 5.02 Å². The molecule has 0 heterocycles. The van der Waals surface area contributed by atoms with Crippen LogP contribution in [0.1, 0.15) is 24.2 Å². The Morgan fingerprint density at radius 2 is 2.27 bits per heavy atom. The summed E-state index contributed by atoms with van der Waals surface area (Å²) >= 11 is 5.80. The van der Waals surface area contributed by atoms with Crippen molar-refractivity contribution in [1.82, 2.24) is 0 Å². The fourth-order valence-electron chi connectivity index (χ4n) is 1.13. The number of rotatable bonds is 4. The average molecular weight is 225 g/mol. The lowest BCUT2D eigenvalue weighted by atomic mass is 10.1. The van der Waals surface area contributed by atoms with E-state index >= 15 is 0 Å². The molecule has 0 saturated carbocycles. The summed E-state index contributed by atoms with van der Waals surface area (Å²) in [5.74, 6) is 0.475. The summed E-state index contributed by atoms with van der Waals surface area (Å²) in [6.07, 6.45) is 1.53. The van der Waals surface area contributed by atoms with Gasteiger partial charge in [-0.05, 0) is 32.0 Å². The maximum atomic E-state index is 11.3. The molecule has 80 valence electrons. The number of ether oxygens (including phenoxy) is 1. The second kappa shape index (κ2) is 4.99. The third-order valence-electron chi connectivity index (χ3n) is 1.97. The fourth-order valence-corrected chi connectivity index (χ4v) is 1.30. The van der Waals surface area contributed by atoms with E-state index < -0.39 is 0 Å². The van der Waals surface area contributed by atoms with Crippen LogP contribution < -0.4 is 4.74 Å². The van der Waals surface area contributed by atoms with E-state index in [9.17, 15) is 4.79 Å². The number of Topliss-reactive ketones (excluding diaryl/α,β-unsaturated/α-hetero) is 1. The van der Waals surface area contributed by atoms with Crippen LogP contribution in [-0.4, -0.2) is 11.9 Å². The molecule has 0 bridgehead atoms. The molecule has 0 aliphatic heterocycles. The largest absolute Gasteiger partial charge is 0.486 e. The van der Waals surface area contributed by atoms with E-state index in [1.807, 2.05) is 6.92 Å². The fraction of sp³-hybridized carbons (Fsp3) is 0.250. The van der Waals surface area contributed by atoms with Gasteiger partial charge in [0.1, 0.15) is 11.9 Å². The number of carbonyl (C=O) groups excluding carboxylic acids is 1.